The molecule has 0 atom stereocenters. The van der Waals surface area contributed by atoms with Gasteiger partial charge in [-0.2, -0.15) is 0 Å². The first-order valence-electron chi connectivity index (χ1n) is 7.19. The summed E-state index contributed by atoms with van der Waals surface area (Å²) in [6.07, 6.45) is 2.56. The van der Waals surface area contributed by atoms with Crippen LogP contribution in [0.3, 0.4) is 0 Å². The van der Waals surface area contributed by atoms with Gasteiger partial charge in [-0.3, -0.25) is 9.59 Å². The number of para-hydroxylation sites is 2. The van der Waals surface area contributed by atoms with Gasteiger partial charge >= 0.3 is 0 Å². The Morgan fingerprint density at radius 2 is 1.92 bits per heavy atom. The first kappa shape index (κ1) is 17.0. The molecule has 1 aliphatic heterocycles. The molecular formula is C16H12Cl3N3O2. The third-order valence-electron chi connectivity index (χ3n) is 3.65. The standard InChI is InChI=1S/C16H12Cl3N3O2/c17-9-8-20-15(14(19)13(9)18)16(24)21-10-4-1-2-5-11(10)22-7-3-6-12(22)23/h1-2,4-5,8H,3,6-7H2,(H,21,24). The number of halogens is 3. The average Bonchev–Trinajstić information content (AvgIpc) is 2.99. The minimum atomic E-state index is -0.530. The molecule has 3 rings (SSSR count). The van der Waals surface area contributed by atoms with Crippen LogP contribution >= 0.6 is 34.8 Å². The molecule has 2 amide bonds. The molecule has 1 fully saturated rings. The van der Waals surface area contributed by atoms with Crippen LogP contribution in [0.15, 0.2) is 30.5 Å². The zero-order chi connectivity index (χ0) is 17.3. The van der Waals surface area contributed by atoms with Crippen LogP contribution in [-0.4, -0.2) is 23.3 Å². The summed E-state index contributed by atoms with van der Waals surface area (Å²) in [6, 6.07) is 7.07. The van der Waals surface area contributed by atoms with Crippen molar-refractivity contribution in [2.24, 2.45) is 0 Å². The third kappa shape index (κ3) is 3.20. The highest BCUT2D eigenvalue weighted by Crippen LogP contribution is 2.33. The molecule has 2 heterocycles. The highest BCUT2D eigenvalue weighted by atomic mass is 35.5. The predicted octanol–water partition coefficient (Wildman–Crippen LogP) is 4.42. The van der Waals surface area contributed by atoms with Gasteiger partial charge < -0.3 is 10.2 Å². The molecule has 0 bridgehead atoms. The van der Waals surface area contributed by atoms with E-state index in [4.69, 9.17) is 34.8 Å². The first-order chi connectivity index (χ1) is 11.5. The lowest BCUT2D eigenvalue weighted by Crippen LogP contribution is -2.25. The number of rotatable bonds is 3. The van der Waals surface area contributed by atoms with Crippen molar-refractivity contribution in [3.8, 4) is 0 Å². The molecule has 1 saturated heterocycles. The van der Waals surface area contributed by atoms with E-state index in [1.807, 2.05) is 0 Å². The monoisotopic (exact) mass is 383 g/mol. The maximum Gasteiger partial charge on any atom is 0.275 e. The van der Waals surface area contributed by atoms with Gasteiger partial charge in [-0.25, -0.2) is 4.98 Å². The van der Waals surface area contributed by atoms with E-state index in [2.05, 4.69) is 10.3 Å². The molecule has 1 aliphatic rings. The van der Waals surface area contributed by atoms with E-state index in [9.17, 15) is 9.59 Å². The van der Waals surface area contributed by atoms with Gasteiger partial charge in [0.05, 0.1) is 26.4 Å². The van der Waals surface area contributed by atoms with Gasteiger partial charge in [0.1, 0.15) is 5.69 Å². The third-order valence-corrected chi connectivity index (χ3v) is 4.89. The number of anilines is 2. The molecule has 1 N–H and O–H groups in total. The molecule has 8 heteroatoms. The number of nitrogens with one attached hydrogen (secondary N) is 1. The number of benzene rings is 1. The number of hydrogen-bond donors (Lipinski definition) is 1. The zero-order valence-electron chi connectivity index (χ0n) is 12.4. The minimum absolute atomic E-state index is 0.0172. The van der Waals surface area contributed by atoms with Crippen molar-refractivity contribution in [1.29, 1.82) is 0 Å². The van der Waals surface area contributed by atoms with Crippen molar-refractivity contribution in [2.45, 2.75) is 12.8 Å². The summed E-state index contributed by atoms with van der Waals surface area (Å²) in [5.74, 6) is -0.500. The summed E-state index contributed by atoms with van der Waals surface area (Å²) < 4.78 is 0. The van der Waals surface area contributed by atoms with Crippen LogP contribution in [-0.2, 0) is 4.79 Å². The fraction of sp³-hybridized carbons (Fsp3) is 0.188. The molecule has 0 radical (unpaired) electrons. The summed E-state index contributed by atoms with van der Waals surface area (Å²) >= 11 is 17.8. The van der Waals surface area contributed by atoms with Gasteiger partial charge in [-0.05, 0) is 18.6 Å². The minimum Gasteiger partial charge on any atom is -0.319 e. The van der Waals surface area contributed by atoms with E-state index in [-0.39, 0.29) is 26.7 Å². The predicted molar refractivity (Wildman–Crippen MR) is 95.2 cm³/mol. The van der Waals surface area contributed by atoms with Crippen molar-refractivity contribution in [3.05, 3.63) is 51.2 Å². The van der Waals surface area contributed by atoms with Crippen LogP contribution < -0.4 is 10.2 Å². The second-order valence-corrected chi connectivity index (χ2v) is 6.37. The maximum absolute atomic E-state index is 12.5. The number of nitrogens with zero attached hydrogens (tertiary/aromatic N) is 2. The van der Waals surface area contributed by atoms with Crippen LogP contribution in [0, 0.1) is 0 Å². The molecule has 2 aromatic rings. The molecule has 0 saturated carbocycles. The summed E-state index contributed by atoms with van der Waals surface area (Å²) in [5, 5.41) is 2.95. The van der Waals surface area contributed by atoms with Crippen LogP contribution in [0.2, 0.25) is 15.1 Å². The summed E-state index contributed by atoms with van der Waals surface area (Å²) in [7, 11) is 0. The Kier molecular flexibility index (Phi) is 4.94. The average molecular weight is 385 g/mol. The van der Waals surface area contributed by atoms with Crippen LogP contribution in [0.1, 0.15) is 23.3 Å². The number of pyridine rings is 1. The van der Waals surface area contributed by atoms with Gasteiger partial charge in [-0.15, -0.1) is 0 Å². The number of aromatic nitrogens is 1. The lowest BCUT2D eigenvalue weighted by atomic mass is 10.2. The van der Waals surface area contributed by atoms with E-state index in [0.29, 0.717) is 24.3 Å². The van der Waals surface area contributed by atoms with Gasteiger partial charge in [0, 0.05) is 19.2 Å². The quantitative estimate of drug-likeness (QED) is 0.852. The van der Waals surface area contributed by atoms with Crippen molar-refractivity contribution in [1.82, 2.24) is 4.98 Å². The molecular weight excluding hydrogens is 373 g/mol. The van der Waals surface area contributed by atoms with Crippen LogP contribution in [0.5, 0.6) is 0 Å². The Morgan fingerprint density at radius 3 is 2.62 bits per heavy atom. The van der Waals surface area contributed by atoms with Crippen molar-refractivity contribution >= 4 is 58.0 Å². The largest absolute Gasteiger partial charge is 0.319 e. The van der Waals surface area contributed by atoms with E-state index in [0.717, 1.165) is 6.42 Å². The molecule has 1 aromatic heterocycles. The van der Waals surface area contributed by atoms with Gasteiger partial charge in [0.2, 0.25) is 5.91 Å². The molecule has 0 unspecified atom stereocenters. The number of amides is 2. The topological polar surface area (TPSA) is 62.3 Å². The van der Waals surface area contributed by atoms with E-state index >= 15 is 0 Å². The van der Waals surface area contributed by atoms with E-state index in [1.165, 1.54) is 6.20 Å². The summed E-state index contributed by atoms with van der Waals surface area (Å²) in [5.41, 5.74) is 1.11. The smallest absolute Gasteiger partial charge is 0.275 e. The SMILES string of the molecule is O=C(Nc1ccccc1N1CCCC1=O)c1ncc(Cl)c(Cl)c1Cl. The lowest BCUT2D eigenvalue weighted by Gasteiger charge is -2.20. The molecule has 124 valence electrons. The zero-order valence-corrected chi connectivity index (χ0v) is 14.6. The lowest BCUT2D eigenvalue weighted by molar-refractivity contribution is -0.117. The Labute approximate surface area is 153 Å². The first-order valence-corrected chi connectivity index (χ1v) is 8.32. The highest BCUT2D eigenvalue weighted by Gasteiger charge is 2.25. The number of carbonyl (C=O) groups excluding carboxylic acids is 2. The number of hydrogen-bond acceptors (Lipinski definition) is 3. The highest BCUT2D eigenvalue weighted by molar-refractivity contribution is 6.49. The van der Waals surface area contributed by atoms with Gasteiger partial charge in [0.25, 0.3) is 5.91 Å². The second-order valence-electron chi connectivity index (χ2n) is 5.20. The summed E-state index contributed by atoms with van der Waals surface area (Å²) in [6.45, 7) is 0.623. The fourth-order valence-electron chi connectivity index (χ4n) is 2.50. The molecule has 0 aliphatic carbocycles. The summed E-state index contributed by atoms with van der Waals surface area (Å²) in [4.78, 5) is 30.0. The molecule has 1 aromatic carbocycles. The second kappa shape index (κ2) is 6.97. The Hall–Kier alpha value is -1.82. The molecule has 0 spiro atoms. The van der Waals surface area contributed by atoms with Gasteiger partial charge in [0.15, 0.2) is 0 Å². The fourth-order valence-corrected chi connectivity index (χ4v) is 3.07. The van der Waals surface area contributed by atoms with Crippen LogP contribution in [0.25, 0.3) is 0 Å². The van der Waals surface area contributed by atoms with E-state index in [1.54, 1.807) is 29.2 Å². The maximum atomic E-state index is 12.5. The molecule has 24 heavy (non-hydrogen) atoms. The molecule has 5 nitrogen and oxygen atoms in total. The van der Waals surface area contributed by atoms with Crippen LogP contribution in [0.4, 0.5) is 11.4 Å². The Bertz CT molecular complexity index is 826. The normalized spacial score (nSPS) is 14.1. The van der Waals surface area contributed by atoms with Crippen molar-refractivity contribution in [3.63, 3.8) is 0 Å². The van der Waals surface area contributed by atoms with Gasteiger partial charge in [-0.1, -0.05) is 46.9 Å². The van der Waals surface area contributed by atoms with E-state index < -0.39 is 5.91 Å². The Morgan fingerprint density at radius 1 is 1.17 bits per heavy atom. The number of carbonyl (C=O) groups is 2. The van der Waals surface area contributed by atoms with Crippen molar-refractivity contribution in [2.75, 3.05) is 16.8 Å². The Balaban J connectivity index is 1.91. The van der Waals surface area contributed by atoms with Crippen molar-refractivity contribution < 1.29 is 9.59 Å².